The molecule has 2 atom stereocenters. The molecule has 0 fully saturated rings. The molecule has 166 valence electrons. The predicted molar refractivity (Wildman–Crippen MR) is 99.9 cm³/mol. The van der Waals surface area contributed by atoms with Crippen molar-refractivity contribution in [3.05, 3.63) is 12.2 Å². The Balaban J connectivity index is 2.22. The minimum atomic E-state index is -1.88. The van der Waals surface area contributed by atoms with E-state index in [0.717, 1.165) is 24.0 Å². The van der Waals surface area contributed by atoms with Crippen molar-refractivity contribution >= 4 is 35.4 Å². The van der Waals surface area contributed by atoms with E-state index in [-0.39, 0.29) is 19.7 Å². The van der Waals surface area contributed by atoms with Crippen LogP contribution in [0.1, 0.15) is 20.3 Å². The maximum absolute atomic E-state index is 11.9. The van der Waals surface area contributed by atoms with Crippen LogP contribution in [0.25, 0.3) is 0 Å². The highest BCUT2D eigenvalue weighted by Gasteiger charge is 2.28. The Bertz CT molecular complexity index is 730. The lowest BCUT2D eigenvalue weighted by molar-refractivity contribution is -0.142. The van der Waals surface area contributed by atoms with E-state index >= 15 is 0 Å². The quantitative estimate of drug-likeness (QED) is 0.119. The number of carbonyl (C=O) groups is 6. The fourth-order valence-electron chi connectivity index (χ4n) is 2.09. The van der Waals surface area contributed by atoms with Gasteiger partial charge >= 0.3 is 0 Å². The summed E-state index contributed by atoms with van der Waals surface area (Å²) in [5.41, 5.74) is 3.08. The number of imide groups is 1. The van der Waals surface area contributed by atoms with Gasteiger partial charge in [-0.2, -0.15) is 0 Å². The highest BCUT2D eigenvalue weighted by Crippen LogP contribution is 2.04. The number of nitrogens with zero attached hydrogens (tertiary/aromatic N) is 1. The number of rotatable bonds is 12. The molecule has 0 radical (unpaired) electrons. The first-order valence-corrected chi connectivity index (χ1v) is 8.91. The lowest BCUT2D eigenvalue weighted by Crippen LogP contribution is -2.49. The van der Waals surface area contributed by atoms with Gasteiger partial charge < -0.3 is 31.5 Å². The van der Waals surface area contributed by atoms with Gasteiger partial charge in [0, 0.05) is 25.1 Å². The van der Waals surface area contributed by atoms with Gasteiger partial charge in [-0.15, -0.1) is 0 Å². The van der Waals surface area contributed by atoms with Crippen LogP contribution in [0.3, 0.4) is 0 Å². The Hall–Kier alpha value is -3.32. The maximum Gasteiger partial charge on any atom is 0.253 e. The SMILES string of the molecule is CC(NC(=O)CNC(=O)CCN1C(=O)C=CC1=O)C(=O)NCOCC(C)(O)C(N)=O. The zero-order valence-electron chi connectivity index (χ0n) is 16.6. The van der Waals surface area contributed by atoms with Crippen LogP contribution < -0.4 is 21.7 Å². The molecule has 1 aliphatic rings. The third kappa shape index (κ3) is 7.97. The van der Waals surface area contributed by atoms with Crippen molar-refractivity contribution in [3.63, 3.8) is 0 Å². The van der Waals surface area contributed by atoms with E-state index in [0.29, 0.717) is 0 Å². The van der Waals surface area contributed by atoms with Gasteiger partial charge in [0.05, 0.1) is 13.2 Å². The van der Waals surface area contributed by atoms with Crippen molar-refractivity contribution < 1.29 is 38.6 Å². The molecule has 0 aliphatic carbocycles. The number of primary amides is 1. The van der Waals surface area contributed by atoms with Gasteiger partial charge in [-0.1, -0.05) is 0 Å². The Labute approximate surface area is 172 Å². The monoisotopic (exact) mass is 427 g/mol. The first kappa shape index (κ1) is 24.7. The minimum Gasteiger partial charge on any atom is -0.378 e. The lowest BCUT2D eigenvalue weighted by atomic mass is 10.1. The molecular formula is C17H25N5O8. The van der Waals surface area contributed by atoms with E-state index in [1.807, 2.05) is 0 Å². The van der Waals surface area contributed by atoms with Crippen molar-refractivity contribution in [1.82, 2.24) is 20.9 Å². The minimum absolute atomic E-state index is 0.112. The number of carbonyl (C=O) groups excluding carboxylic acids is 6. The average molecular weight is 427 g/mol. The number of hydrogen-bond donors (Lipinski definition) is 5. The fraction of sp³-hybridized carbons (Fsp3) is 0.529. The standard InChI is InChI=1S/C17H25N5O8/c1-10(15(27)20-9-30-8-17(2,29)16(18)28)21-12(24)7-19-11(23)5-6-22-13(25)3-4-14(22)26/h3-4,10,29H,5-9H2,1-2H3,(H2,18,28)(H,19,23)(H,20,27)(H,21,24). The first-order chi connectivity index (χ1) is 13.9. The summed E-state index contributed by atoms with van der Waals surface area (Å²) in [6.45, 7) is 1.27. The molecule has 30 heavy (non-hydrogen) atoms. The second-order valence-electron chi connectivity index (χ2n) is 6.65. The van der Waals surface area contributed by atoms with Gasteiger partial charge in [0.25, 0.3) is 17.7 Å². The van der Waals surface area contributed by atoms with Crippen LogP contribution in [0.5, 0.6) is 0 Å². The van der Waals surface area contributed by atoms with Crippen LogP contribution in [-0.2, 0) is 33.5 Å². The van der Waals surface area contributed by atoms with E-state index in [1.165, 1.54) is 6.92 Å². The number of amides is 6. The molecule has 1 heterocycles. The smallest absolute Gasteiger partial charge is 0.253 e. The van der Waals surface area contributed by atoms with E-state index in [1.54, 1.807) is 0 Å². The first-order valence-electron chi connectivity index (χ1n) is 8.91. The predicted octanol–water partition coefficient (Wildman–Crippen LogP) is -3.75. The molecule has 1 rings (SSSR count). The van der Waals surface area contributed by atoms with Crippen LogP contribution in [0.15, 0.2) is 12.2 Å². The van der Waals surface area contributed by atoms with Gasteiger partial charge in [0.15, 0.2) is 5.60 Å². The summed E-state index contributed by atoms with van der Waals surface area (Å²) in [4.78, 5) is 70.0. The summed E-state index contributed by atoms with van der Waals surface area (Å²) in [5.74, 6) is -3.79. The molecule has 0 aromatic carbocycles. The second kappa shape index (κ2) is 11.0. The van der Waals surface area contributed by atoms with E-state index in [9.17, 15) is 33.9 Å². The van der Waals surface area contributed by atoms with Gasteiger partial charge in [-0.25, -0.2) is 0 Å². The highest BCUT2D eigenvalue weighted by atomic mass is 16.5. The van der Waals surface area contributed by atoms with Crippen LogP contribution in [0.2, 0.25) is 0 Å². The van der Waals surface area contributed by atoms with E-state index in [4.69, 9.17) is 10.5 Å². The number of aliphatic hydroxyl groups is 1. The Kier molecular flexibility index (Phi) is 9.08. The zero-order chi connectivity index (χ0) is 22.9. The maximum atomic E-state index is 11.9. The molecule has 1 aliphatic heterocycles. The zero-order valence-corrected chi connectivity index (χ0v) is 16.6. The highest BCUT2D eigenvalue weighted by molar-refractivity contribution is 6.13. The topological polar surface area (TPSA) is 197 Å². The Morgan fingerprint density at radius 2 is 1.77 bits per heavy atom. The average Bonchev–Trinajstić information content (AvgIpc) is 2.99. The molecular weight excluding hydrogens is 402 g/mol. The molecule has 13 heteroatoms. The van der Waals surface area contributed by atoms with Crippen LogP contribution in [0.4, 0.5) is 0 Å². The normalized spacial score (nSPS) is 16.0. The molecule has 2 unspecified atom stereocenters. The second-order valence-corrected chi connectivity index (χ2v) is 6.65. The van der Waals surface area contributed by atoms with Crippen molar-refractivity contribution in [1.29, 1.82) is 0 Å². The van der Waals surface area contributed by atoms with Crippen molar-refractivity contribution in [2.24, 2.45) is 5.73 Å². The molecule has 0 saturated heterocycles. The molecule has 6 N–H and O–H groups in total. The Morgan fingerprint density at radius 1 is 1.17 bits per heavy atom. The summed E-state index contributed by atoms with van der Waals surface area (Å²) in [6, 6.07) is -0.958. The molecule has 0 saturated carbocycles. The van der Waals surface area contributed by atoms with Crippen molar-refractivity contribution in [3.8, 4) is 0 Å². The molecule has 0 aromatic heterocycles. The van der Waals surface area contributed by atoms with Crippen molar-refractivity contribution in [2.75, 3.05) is 26.4 Å². The largest absolute Gasteiger partial charge is 0.378 e. The molecule has 6 amide bonds. The van der Waals surface area contributed by atoms with Gasteiger partial charge in [-0.05, 0) is 13.8 Å². The Morgan fingerprint density at radius 3 is 2.33 bits per heavy atom. The summed E-state index contributed by atoms with van der Waals surface area (Å²) in [6.07, 6.45) is 2.03. The number of nitrogens with two attached hydrogens (primary N) is 1. The fourth-order valence-corrected chi connectivity index (χ4v) is 2.09. The molecule has 0 aromatic rings. The third-order valence-corrected chi connectivity index (χ3v) is 3.94. The third-order valence-electron chi connectivity index (χ3n) is 3.94. The summed E-state index contributed by atoms with van der Waals surface area (Å²) in [5, 5.41) is 16.6. The van der Waals surface area contributed by atoms with Gasteiger partial charge in [0.2, 0.25) is 17.7 Å². The van der Waals surface area contributed by atoms with Crippen molar-refractivity contribution in [2.45, 2.75) is 31.9 Å². The summed E-state index contributed by atoms with van der Waals surface area (Å²) >= 11 is 0. The number of hydrogen-bond acceptors (Lipinski definition) is 8. The molecule has 13 nitrogen and oxygen atoms in total. The summed E-state index contributed by atoms with van der Waals surface area (Å²) in [7, 11) is 0. The molecule has 0 spiro atoms. The number of nitrogens with one attached hydrogen (secondary N) is 3. The van der Waals surface area contributed by atoms with E-state index < -0.39 is 60.2 Å². The molecule has 0 bridgehead atoms. The lowest BCUT2D eigenvalue weighted by Gasteiger charge is -2.19. The van der Waals surface area contributed by atoms with E-state index in [2.05, 4.69) is 16.0 Å². The van der Waals surface area contributed by atoms with Crippen LogP contribution in [0, 0.1) is 0 Å². The van der Waals surface area contributed by atoms with Gasteiger partial charge in [0.1, 0.15) is 12.8 Å². The van der Waals surface area contributed by atoms with Crippen LogP contribution >= 0.6 is 0 Å². The van der Waals surface area contributed by atoms with Gasteiger partial charge in [-0.3, -0.25) is 33.7 Å². The number of ether oxygens (including phenoxy) is 1. The summed E-state index contributed by atoms with van der Waals surface area (Å²) < 4.78 is 4.94. The van der Waals surface area contributed by atoms with Crippen LogP contribution in [-0.4, -0.2) is 83.5 Å².